The molecule has 2 heterocycles. The van der Waals surface area contributed by atoms with E-state index in [9.17, 15) is 9.59 Å². The quantitative estimate of drug-likeness (QED) is 0.875. The summed E-state index contributed by atoms with van der Waals surface area (Å²) in [5.74, 6) is -0.448. The van der Waals surface area contributed by atoms with Gasteiger partial charge in [-0.05, 0) is 24.3 Å². The summed E-state index contributed by atoms with van der Waals surface area (Å²) in [5.41, 5.74) is 1.87. The number of carbonyl (C=O) groups excluding carboxylic acids is 2. The van der Waals surface area contributed by atoms with Gasteiger partial charge in [-0.2, -0.15) is 0 Å². The molecule has 0 spiro atoms. The summed E-state index contributed by atoms with van der Waals surface area (Å²) >= 11 is 5.78. The van der Waals surface area contributed by atoms with Crippen LogP contribution in [-0.4, -0.2) is 28.2 Å². The molecule has 96 valence electrons. The largest absolute Gasteiger partial charge is 0.350 e. The van der Waals surface area contributed by atoms with Gasteiger partial charge in [0, 0.05) is 18.7 Å². The van der Waals surface area contributed by atoms with Gasteiger partial charge in [0.15, 0.2) is 0 Å². The highest BCUT2D eigenvalue weighted by atomic mass is 35.5. The van der Waals surface area contributed by atoms with Gasteiger partial charge in [0.1, 0.15) is 5.15 Å². The van der Waals surface area contributed by atoms with Crippen LogP contribution >= 0.6 is 11.6 Å². The lowest BCUT2D eigenvalue weighted by atomic mass is 10.1. The Labute approximate surface area is 115 Å². The van der Waals surface area contributed by atoms with Crippen LogP contribution in [0.3, 0.4) is 0 Å². The van der Waals surface area contributed by atoms with Gasteiger partial charge in [-0.1, -0.05) is 23.7 Å². The number of benzene rings is 1. The van der Waals surface area contributed by atoms with Crippen molar-refractivity contribution < 1.29 is 9.59 Å². The first-order valence-corrected chi connectivity index (χ1v) is 6.33. The molecule has 0 aliphatic carbocycles. The molecule has 1 N–H and O–H groups in total. The van der Waals surface area contributed by atoms with Crippen molar-refractivity contribution >= 4 is 23.4 Å². The fraction of sp³-hybridized carbons (Fsp3) is 0.143. The summed E-state index contributed by atoms with van der Waals surface area (Å²) in [6.45, 7) is 0.350. The number of rotatable bonds is 3. The third-order valence-electron chi connectivity index (χ3n) is 3.19. The fourth-order valence-corrected chi connectivity index (χ4v) is 2.42. The highest BCUT2D eigenvalue weighted by molar-refractivity contribution is 6.29. The molecule has 0 unspecified atom stereocenters. The minimum Gasteiger partial charge on any atom is -0.350 e. The Hall–Kier alpha value is -2.07. The van der Waals surface area contributed by atoms with E-state index < -0.39 is 0 Å². The maximum Gasteiger partial charge on any atom is 0.261 e. The molecule has 2 aromatic rings. The smallest absolute Gasteiger partial charge is 0.261 e. The maximum atomic E-state index is 12.1. The molecule has 1 aliphatic rings. The lowest BCUT2D eigenvalue weighted by Gasteiger charge is -2.12. The van der Waals surface area contributed by atoms with Crippen molar-refractivity contribution in [3.8, 4) is 0 Å². The zero-order valence-electron chi connectivity index (χ0n) is 10.0. The van der Waals surface area contributed by atoms with Crippen molar-refractivity contribution in [3.63, 3.8) is 0 Å². The zero-order chi connectivity index (χ0) is 13.4. The van der Waals surface area contributed by atoms with Crippen LogP contribution in [0.2, 0.25) is 5.15 Å². The molecule has 3 rings (SSSR count). The summed E-state index contributed by atoms with van der Waals surface area (Å²) in [7, 11) is 0. The molecule has 2 amide bonds. The molecule has 0 saturated carbocycles. The number of aromatic nitrogens is 1. The predicted octanol–water partition coefficient (Wildman–Crippen LogP) is 2.51. The van der Waals surface area contributed by atoms with Crippen LogP contribution in [0.15, 0.2) is 36.4 Å². The van der Waals surface area contributed by atoms with Crippen LogP contribution in [0, 0.1) is 0 Å². The monoisotopic (exact) mass is 274 g/mol. The number of nitrogens with one attached hydrogen (secondary N) is 1. The second-order valence-electron chi connectivity index (χ2n) is 4.39. The van der Waals surface area contributed by atoms with Crippen LogP contribution < -0.4 is 0 Å². The van der Waals surface area contributed by atoms with E-state index in [-0.39, 0.29) is 11.8 Å². The number of hydrogen-bond donors (Lipinski definition) is 1. The number of carbonyl (C=O) groups is 2. The van der Waals surface area contributed by atoms with Gasteiger partial charge in [0.05, 0.1) is 11.1 Å². The van der Waals surface area contributed by atoms with Crippen LogP contribution in [0.1, 0.15) is 26.4 Å². The number of H-pyrrole nitrogens is 1. The summed E-state index contributed by atoms with van der Waals surface area (Å²) in [4.78, 5) is 28.4. The zero-order valence-corrected chi connectivity index (χ0v) is 10.8. The molecule has 19 heavy (non-hydrogen) atoms. The van der Waals surface area contributed by atoms with Crippen molar-refractivity contribution in [2.75, 3.05) is 6.54 Å². The van der Waals surface area contributed by atoms with Crippen molar-refractivity contribution in [3.05, 3.63) is 58.4 Å². The molecular formula is C14H11ClN2O2. The molecule has 1 aliphatic heterocycles. The van der Waals surface area contributed by atoms with Crippen molar-refractivity contribution in [1.29, 1.82) is 0 Å². The molecule has 1 aromatic heterocycles. The molecule has 0 atom stereocenters. The van der Waals surface area contributed by atoms with Crippen LogP contribution in [-0.2, 0) is 6.42 Å². The summed E-state index contributed by atoms with van der Waals surface area (Å²) in [6, 6.07) is 10.5. The van der Waals surface area contributed by atoms with Crippen LogP contribution in [0.25, 0.3) is 0 Å². The Bertz CT molecular complexity index is 628. The molecule has 5 heteroatoms. The Morgan fingerprint density at radius 3 is 2.16 bits per heavy atom. The second-order valence-corrected chi connectivity index (χ2v) is 4.80. The van der Waals surface area contributed by atoms with Gasteiger partial charge in [-0.25, -0.2) is 0 Å². The first-order chi connectivity index (χ1) is 9.16. The average molecular weight is 275 g/mol. The topological polar surface area (TPSA) is 53.2 Å². The number of amides is 2. The number of imide groups is 1. The van der Waals surface area contributed by atoms with E-state index in [1.807, 2.05) is 6.07 Å². The maximum absolute atomic E-state index is 12.1. The molecule has 0 fully saturated rings. The molecular weight excluding hydrogens is 264 g/mol. The molecule has 4 nitrogen and oxygen atoms in total. The van der Waals surface area contributed by atoms with Crippen LogP contribution in [0.4, 0.5) is 0 Å². The van der Waals surface area contributed by atoms with Crippen molar-refractivity contribution in [2.45, 2.75) is 6.42 Å². The van der Waals surface area contributed by atoms with Gasteiger partial charge >= 0.3 is 0 Å². The van der Waals surface area contributed by atoms with E-state index in [0.29, 0.717) is 29.2 Å². The number of aromatic amines is 1. The van der Waals surface area contributed by atoms with E-state index in [1.165, 1.54) is 4.90 Å². The van der Waals surface area contributed by atoms with E-state index in [2.05, 4.69) is 4.98 Å². The Kier molecular flexibility index (Phi) is 2.87. The first kappa shape index (κ1) is 12.0. The predicted molar refractivity (Wildman–Crippen MR) is 71.3 cm³/mol. The minimum absolute atomic E-state index is 0.224. The highest BCUT2D eigenvalue weighted by Gasteiger charge is 2.34. The SMILES string of the molecule is O=C1c2ccccc2C(=O)N1CCc1ccc(Cl)[nH]1. The Morgan fingerprint density at radius 1 is 1.00 bits per heavy atom. The third kappa shape index (κ3) is 2.04. The lowest BCUT2D eigenvalue weighted by molar-refractivity contribution is 0.0656. The lowest BCUT2D eigenvalue weighted by Crippen LogP contribution is -2.31. The first-order valence-electron chi connectivity index (χ1n) is 5.95. The summed E-state index contributed by atoms with van der Waals surface area (Å²) < 4.78 is 0. The summed E-state index contributed by atoms with van der Waals surface area (Å²) in [5, 5.41) is 0.553. The second kappa shape index (κ2) is 4.55. The Morgan fingerprint density at radius 2 is 1.63 bits per heavy atom. The fourth-order valence-electron chi connectivity index (χ4n) is 2.23. The van der Waals surface area contributed by atoms with E-state index in [0.717, 1.165) is 5.69 Å². The van der Waals surface area contributed by atoms with Crippen molar-refractivity contribution in [1.82, 2.24) is 9.88 Å². The van der Waals surface area contributed by atoms with Gasteiger partial charge in [-0.15, -0.1) is 0 Å². The number of fused-ring (bicyclic) bond motifs is 1. The van der Waals surface area contributed by atoms with Crippen LogP contribution in [0.5, 0.6) is 0 Å². The number of nitrogens with zero attached hydrogens (tertiary/aromatic N) is 1. The normalized spacial score (nSPS) is 14.1. The van der Waals surface area contributed by atoms with Gasteiger partial charge in [0.2, 0.25) is 0 Å². The van der Waals surface area contributed by atoms with Gasteiger partial charge < -0.3 is 4.98 Å². The highest BCUT2D eigenvalue weighted by Crippen LogP contribution is 2.22. The minimum atomic E-state index is -0.224. The average Bonchev–Trinajstić information content (AvgIpc) is 2.93. The van der Waals surface area contributed by atoms with E-state index in [1.54, 1.807) is 30.3 Å². The standard InChI is InChI=1S/C14H11ClN2O2/c15-12-6-5-9(16-12)7-8-17-13(18)10-3-1-2-4-11(10)14(17)19/h1-6,16H,7-8H2. The Balaban J connectivity index is 1.77. The number of hydrogen-bond acceptors (Lipinski definition) is 2. The summed E-state index contributed by atoms with van der Waals surface area (Å²) in [6.07, 6.45) is 0.568. The number of halogens is 1. The molecule has 1 aromatic carbocycles. The molecule has 0 bridgehead atoms. The molecule has 0 saturated heterocycles. The van der Waals surface area contributed by atoms with Crippen molar-refractivity contribution in [2.24, 2.45) is 0 Å². The van der Waals surface area contributed by atoms with Gasteiger partial charge in [-0.3, -0.25) is 14.5 Å². The van der Waals surface area contributed by atoms with Gasteiger partial charge in [0.25, 0.3) is 11.8 Å². The van der Waals surface area contributed by atoms with E-state index in [4.69, 9.17) is 11.6 Å². The van der Waals surface area contributed by atoms with E-state index >= 15 is 0 Å². The molecule has 0 radical (unpaired) electrons. The third-order valence-corrected chi connectivity index (χ3v) is 3.41.